The van der Waals surface area contributed by atoms with Gasteiger partial charge in [-0.25, -0.2) is 0 Å². The predicted molar refractivity (Wildman–Crippen MR) is 94.8 cm³/mol. The SMILES string of the molecule is Cc1cccnc1-c1ccc(OCCCN2CCCCC2)cc1. The number of hydrogen-bond donors (Lipinski definition) is 0. The van der Waals surface area contributed by atoms with Crippen LogP contribution in [0, 0.1) is 6.92 Å². The summed E-state index contributed by atoms with van der Waals surface area (Å²) in [5, 5.41) is 0. The second kappa shape index (κ2) is 8.11. The summed E-state index contributed by atoms with van der Waals surface area (Å²) >= 11 is 0. The number of piperidine rings is 1. The highest BCUT2D eigenvalue weighted by Crippen LogP contribution is 2.23. The quantitative estimate of drug-likeness (QED) is 0.743. The first-order chi connectivity index (χ1) is 11.3. The summed E-state index contributed by atoms with van der Waals surface area (Å²) in [5.41, 5.74) is 3.38. The van der Waals surface area contributed by atoms with Crippen molar-refractivity contribution in [3.8, 4) is 17.0 Å². The zero-order valence-electron chi connectivity index (χ0n) is 14.0. The molecule has 2 heterocycles. The van der Waals surface area contributed by atoms with Crippen molar-refractivity contribution in [2.75, 3.05) is 26.2 Å². The van der Waals surface area contributed by atoms with Crippen molar-refractivity contribution in [1.29, 1.82) is 0 Å². The monoisotopic (exact) mass is 310 g/mol. The minimum absolute atomic E-state index is 0.790. The summed E-state index contributed by atoms with van der Waals surface area (Å²) in [4.78, 5) is 7.01. The van der Waals surface area contributed by atoms with E-state index in [9.17, 15) is 0 Å². The summed E-state index contributed by atoms with van der Waals surface area (Å²) < 4.78 is 5.87. The maximum absolute atomic E-state index is 5.87. The third-order valence-corrected chi connectivity index (χ3v) is 4.47. The number of ether oxygens (including phenoxy) is 1. The molecule has 2 aromatic rings. The van der Waals surface area contributed by atoms with E-state index in [-0.39, 0.29) is 0 Å². The largest absolute Gasteiger partial charge is 0.494 e. The molecule has 122 valence electrons. The standard InChI is InChI=1S/C20H26N2O/c1-17-7-5-12-21-20(17)18-8-10-19(11-9-18)23-16-6-15-22-13-3-2-4-14-22/h5,7-12H,2-4,6,13-16H2,1H3. The number of hydrogen-bond acceptors (Lipinski definition) is 3. The second-order valence-electron chi connectivity index (χ2n) is 6.30. The molecule has 0 spiro atoms. The van der Waals surface area contributed by atoms with E-state index in [0.717, 1.165) is 36.6 Å². The topological polar surface area (TPSA) is 25.4 Å². The maximum atomic E-state index is 5.87. The van der Waals surface area contributed by atoms with Gasteiger partial charge in [0.05, 0.1) is 12.3 Å². The van der Waals surface area contributed by atoms with Gasteiger partial charge in [-0.2, -0.15) is 0 Å². The van der Waals surface area contributed by atoms with Crippen LogP contribution in [0.5, 0.6) is 5.75 Å². The fourth-order valence-corrected chi connectivity index (χ4v) is 3.16. The van der Waals surface area contributed by atoms with E-state index in [4.69, 9.17) is 4.74 Å². The van der Waals surface area contributed by atoms with E-state index < -0.39 is 0 Å². The minimum atomic E-state index is 0.790. The van der Waals surface area contributed by atoms with Crippen LogP contribution >= 0.6 is 0 Å². The molecule has 1 aliphatic rings. The summed E-state index contributed by atoms with van der Waals surface area (Å²) in [6.07, 6.45) is 7.05. The fraction of sp³-hybridized carbons (Fsp3) is 0.450. The Labute approximate surface area is 139 Å². The Bertz CT molecular complexity index is 603. The first kappa shape index (κ1) is 16.0. The zero-order valence-corrected chi connectivity index (χ0v) is 14.0. The smallest absolute Gasteiger partial charge is 0.119 e. The van der Waals surface area contributed by atoms with Crippen LogP contribution in [0.1, 0.15) is 31.2 Å². The molecular weight excluding hydrogens is 284 g/mol. The molecule has 1 fully saturated rings. The molecule has 3 nitrogen and oxygen atoms in total. The lowest BCUT2D eigenvalue weighted by Gasteiger charge is -2.26. The summed E-state index contributed by atoms with van der Waals surface area (Å²) in [7, 11) is 0. The average Bonchev–Trinajstić information content (AvgIpc) is 2.61. The van der Waals surface area contributed by atoms with E-state index in [0.29, 0.717) is 0 Å². The lowest BCUT2D eigenvalue weighted by Crippen LogP contribution is -2.31. The van der Waals surface area contributed by atoms with Crippen LogP contribution in [-0.2, 0) is 0 Å². The highest BCUT2D eigenvalue weighted by atomic mass is 16.5. The van der Waals surface area contributed by atoms with Crippen molar-refractivity contribution in [2.45, 2.75) is 32.6 Å². The van der Waals surface area contributed by atoms with Crippen molar-refractivity contribution < 1.29 is 4.74 Å². The van der Waals surface area contributed by atoms with Crippen molar-refractivity contribution in [1.82, 2.24) is 9.88 Å². The number of rotatable bonds is 6. The van der Waals surface area contributed by atoms with Crippen LogP contribution in [0.25, 0.3) is 11.3 Å². The molecule has 0 radical (unpaired) electrons. The number of aryl methyl sites for hydroxylation is 1. The molecule has 0 bridgehead atoms. The van der Waals surface area contributed by atoms with Gasteiger partial charge >= 0.3 is 0 Å². The molecule has 23 heavy (non-hydrogen) atoms. The molecule has 1 aromatic carbocycles. The highest BCUT2D eigenvalue weighted by molar-refractivity contribution is 5.63. The first-order valence-corrected chi connectivity index (χ1v) is 8.70. The molecule has 1 saturated heterocycles. The van der Waals surface area contributed by atoms with Crippen molar-refractivity contribution in [3.63, 3.8) is 0 Å². The summed E-state index contributed by atoms with van der Waals surface area (Å²) in [6, 6.07) is 12.3. The normalized spacial score (nSPS) is 15.5. The lowest BCUT2D eigenvalue weighted by atomic mass is 10.1. The average molecular weight is 310 g/mol. The van der Waals surface area contributed by atoms with Gasteiger partial charge in [0.25, 0.3) is 0 Å². The Morgan fingerprint density at radius 3 is 2.57 bits per heavy atom. The fourth-order valence-electron chi connectivity index (χ4n) is 3.16. The van der Waals surface area contributed by atoms with Crippen LogP contribution in [0.2, 0.25) is 0 Å². The Balaban J connectivity index is 1.47. The number of nitrogens with zero attached hydrogens (tertiary/aromatic N) is 2. The molecule has 0 aliphatic carbocycles. The van der Waals surface area contributed by atoms with Crippen LogP contribution < -0.4 is 4.74 Å². The van der Waals surface area contributed by atoms with Gasteiger partial charge in [-0.15, -0.1) is 0 Å². The number of benzene rings is 1. The van der Waals surface area contributed by atoms with Gasteiger partial charge in [-0.1, -0.05) is 12.5 Å². The van der Waals surface area contributed by atoms with E-state index in [1.807, 2.05) is 24.4 Å². The molecule has 1 aliphatic heterocycles. The third-order valence-electron chi connectivity index (χ3n) is 4.47. The van der Waals surface area contributed by atoms with Gasteiger partial charge in [0, 0.05) is 18.3 Å². The van der Waals surface area contributed by atoms with Gasteiger partial charge in [0.1, 0.15) is 5.75 Å². The number of likely N-dealkylation sites (tertiary alicyclic amines) is 1. The molecule has 3 rings (SSSR count). The highest BCUT2D eigenvalue weighted by Gasteiger charge is 2.09. The Morgan fingerprint density at radius 1 is 1.04 bits per heavy atom. The molecular formula is C20H26N2O. The van der Waals surface area contributed by atoms with E-state index in [1.54, 1.807) is 0 Å². The Kier molecular flexibility index (Phi) is 5.65. The molecule has 0 atom stereocenters. The maximum Gasteiger partial charge on any atom is 0.119 e. The molecule has 0 saturated carbocycles. The zero-order chi connectivity index (χ0) is 15.9. The van der Waals surface area contributed by atoms with E-state index >= 15 is 0 Å². The molecule has 1 aromatic heterocycles. The Hall–Kier alpha value is -1.87. The van der Waals surface area contributed by atoms with Gasteiger partial charge in [0.2, 0.25) is 0 Å². The minimum Gasteiger partial charge on any atom is -0.494 e. The lowest BCUT2D eigenvalue weighted by molar-refractivity contribution is 0.205. The van der Waals surface area contributed by atoms with Gasteiger partial charge in [-0.3, -0.25) is 4.98 Å². The van der Waals surface area contributed by atoms with Gasteiger partial charge in [-0.05, 0) is 75.2 Å². The van der Waals surface area contributed by atoms with E-state index in [1.165, 1.54) is 37.9 Å². The van der Waals surface area contributed by atoms with Crippen molar-refractivity contribution in [2.24, 2.45) is 0 Å². The second-order valence-corrected chi connectivity index (χ2v) is 6.30. The van der Waals surface area contributed by atoms with Crippen molar-refractivity contribution in [3.05, 3.63) is 48.2 Å². The van der Waals surface area contributed by atoms with Crippen LogP contribution in [0.3, 0.4) is 0 Å². The van der Waals surface area contributed by atoms with Crippen molar-refractivity contribution >= 4 is 0 Å². The van der Waals surface area contributed by atoms with E-state index in [2.05, 4.69) is 35.0 Å². The number of aromatic nitrogens is 1. The van der Waals surface area contributed by atoms with Crippen LogP contribution in [0.15, 0.2) is 42.6 Å². The van der Waals surface area contributed by atoms with Crippen LogP contribution in [0.4, 0.5) is 0 Å². The first-order valence-electron chi connectivity index (χ1n) is 8.70. The molecule has 3 heteroatoms. The number of pyridine rings is 1. The van der Waals surface area contributed by atoms with Gasteiger partial charge < -0.3 is 9.64 Å². The molecule has 0 amide bonds. The summed E-state index contributed by atoms with van der Waals surface area (Å²) in [6.45, 7) is 6.56. The van der Waals surface area contributed by atoms with Crippen LogP contribution in [-0.4, -0.2) is 36.1 Å². The van der Waals surface area contributed by atoms with Gasteiger partial charge in [0.15, 0.2) is 0 Å². The predicted octanol–water partition coefficient (Wildman–Crippen LogP) is 4.31. The summed E-state index contributed by atoms with van der Waals surface area (Å²) in [5.74, 6) is 0.945. The molecule has 0 unspecified atom stereocenters. The molecule has 0 N–H and O–H groups in total. The third kappa shape index (κ3) is 4.55. The Morgan fingerprint density at radius 2 is 1.83 bits per heavy atom.